The van der Waals surface area contributed by atoms with E-state index in [0.717, 1.165) is 36.8 Å². The van der Waals surface area contributed by atoms with E-state index in [9.17, 15) is 4.79 Å². The topological polar surface area (TPSA) is 22.0 Å². The maximum Gasteiger partial charge on any atom is 0.150 e. The fourth-order valence-corrected chi connectivity index (χ4v) is 1.88. The normalized spacial score (nSPS) is 10.5. The minimum atomic E-state index is 0.733. The second kappa shape index (κ2) is 4.79. The van der Waals surface area contributed by atoms with Gasteiger partial charge in [0.1, 0.15) is 6.29 Å². The fourth-order valence-electron chi connectivity index (χ4n) is 1.88. The lowest BCUT2D eigenvalue weighted by atomic mass is 10.2. The van der Waals surface area contributed by atoms with Crippen LogP contribution in [0.2, 0.25) is 0 Å². The number of carbonyl (C=O) groups is 1. The van der Waals surface area contributed by atoms with Gasteiger partial charge in [0, 0.05) is 23.8 Å². The summed E-state index contributed by atoms with van der Waals surface area (Å²) in [5.41, 5.74) is 1.87. The molecule has 0 aliphatic rings. The predicted molar refractivity (Wildman–Crippen MR) is 66.8 cm³/mol. The Morgan fingerprint density at radius 3 is 2.94 bits per heavy atom. The summed E-state index contributed by atoms with van der Waals surface area (Å²) in [5, 5.41) is 1.18. The summed E-state index contributed by atoms with van der Waals surface area (Å²) in [6.45, 7) is 4.68. The number of aldehydes is 1. The van der Waals surface area contributed by atoms with Crippen molar-refractivity contribution in [3.63, 3.8) is 0 Å². The van der Waals surface area contributed by atoms with Crippen LogP contribution in [0, 0.1) is 0 Å². The van der Waals surface area contributed by atoms with Crippen LogP contribution in [0.5, 0.6) is 0 Å². The first-order valence-electron chi connectivity index (χ1n) is 5.50. The third-order valence-corrected chi connectivity index (χ3v) is 2.74. The smallest absolute Gasteiger partial charge is 0.150 e. The molecule has 2 nitrogen and oxygen atoms in total. The maximum absolute atomic E-state index is 10.7. The highest BCUT2D eigenvalue weighted by Gasteiger charge is 2.01. The van der Waals surface area contributed by atoms with Crippen molar-refractivity contribution >= 4 is 17.2 Å². The van der Waals surface area contributed by atoms with Crippen LogP contribution in [0.15, 0.2) is 43.1 Å². The minimum Gasteiger partial charge on any atom is -0.347 e. The van der Waals surface area contributed by atoms with E-state index in [1.54, 1.807) is 0 Å². The Hall–Kier alpha value is -1.83. The zero-order valence-electron chi connectivity index (χ0n) is 9.23. The highest BCUT2D eigenvalue weighted by atomic mass is 16.1. The highest BCUT2D eigenvalue weighted by molar-refractivity contribution is 5.87. The van der Waals surface area contributed by atoms with Gasteiger partial charge in [0.15, 0.2) is 0 Å². The molecule has 82 valence electrons. The molecule has 0 saturated heterocycles. The van der Waals surface area contributed by atoms with Gasteiger partial charge in [-0.1, -0.05) is 18.2 Å². The lowest BCUT2D eigenvalue weighted by Gasteiger charge is -2.04. The quantitative estimate of drug-likeness (QED) is 0.424. The number of benzene rings is 1. The number of unbranched alkanes of at least 4 members (excludes halogenated alkanes) is 1. The van der Waals surface area contributed by atoms with Gasteiger partial charge in [-0.15, -0.1) is 6.58 Å². The molecular formula is C14H15NO. The maximum atomic E-state index is 10.7. The van der Waals surface area contributed by atoms with E-state index in [1.807, 2.05) is 24.3 Å². The zero-order valence-corrected chi connectivity index (χ0v) is 9.23. The Balaban J connectivity index is 2.30. The molecule has 1 aromatic heterocycles. The second-order valence-corrected chi connectivity index (χ2v) is 3.88. The Morgan fingerprint density at radius 2 is 2.19 bits per heavy atom. The van der Waals surface area contributed by atoms with Crippen LogP contribution >= 0.6 is 0 Å². The predicted octanol–water partition coefficient (Wildman–Crippen LogP) is 3.42. The van der Waals surface area contributed by atoms with E-state index in [4.69, 9.17) is 0 Å². The molecule has 0 atom stereocenters. The molecule has 0 amide bonds. The highest BCUT2D eigenvalue weighted by Crippen LogP contribution is 2.17. The van der Waals surface area contributed by atoms with Gasteiger partial charge in [-0.25, -0.2) is 0 Å². The molecule has 2 aromatic rings. The standard InChI is InChI=1S/C14H15NO/c1-2-3-4-8-15-9-7-13-6-5-12(11-16)10-14(13)15/h2,5-7,9-11H,1,3-4,8H2. The summed E-state index contributed by atoms with van der Waals surface area (Å²) < 4.78 is 2.19. The van der Waals surface area contributed by atoms with Gasteiger partial charge in [0.05, 0.1) is 0 Å². The molecule has 0 aliphatic carbocycles. The lowest BCUT2D eigenvalue weighted by molar-refractivity contribution is 0.112. The summed E-state index contributed by atoms with van der Waals surface area (Å²) in [6, 6.07) is 7.86. The molecule has 2 rings (SSSR count). The first kappa shape index (κ1) is 10.7. The van der Waals surface area contributed by atoms with Crippen LogP contribution < -0.4 is 0 Å². The third kappa shape index (κ3) is 2.06. The monoisotopic (exact) mass is 213 g/mol. The van der Waals surface area contributed by atoms with Crippen LogP contribution in [-0.2, 0) is 6.54 Å². The number of rotatable bonds is 5. The fraction of sp³-hybridized carbons (Fsp3) is 0.214. The third-order valence-electron chi connectivity index (χ3n) is 2.74. The van der Waals surface area contributed by atoms with Crippen molar-refractivity contribution in [2.45, 2.75) is 19.4 Å². The van der Waals surface area contributed by atoms with E-state index in [1.165, 1.54) is 5.39 Å². The van der Waals surface area contributed by atoms with Crippen molar-refractivity contribution in [1.82, 2.24) is 4.57 Å². The number of carbonyl (C=O) groups excluding carboxylic acids is 1. The second-order valence-electron chi connectivity index (χ2n) is 3.88. The van der Waals surface area contributed by atoms with Crippen LogP contribution in [0.4, 0.5) is 0 Å². The van der Waals surface area contributed by atoms with Gasteiger partial charge in [-0.05, 0) is 30.4 Å². The van der Waals surface area contributed by atoms with E-state index in [-0.39, 0.29) is 0 Å². The van der Waals surface area contributed by atoms with Crippen molar-refractivity contribution in [2.75, 3.05) is 0 Å². The van der Waals surface area contributed by atoms with Gasteiger partial charge in [-0.2, -0.15) is 0 Å². The van der Waals surface area contributed by atoms with E-state index in [2.05, 4.69) is 23.4 Å². The van der Waals surface area contributed by atoms with Gasteiger partial charge in [0.25, 0.3) is 0 Å². The first-order chi connectivity index (χ1) is 7.85. The number of aryl methyl sites for hydroxylation is 1. The summed E-state index contributed by atoms with van der Waals surface area (Å²) in [7, 11) is 0. The van der Waals surface area contributed by atoms with Crippen molar-refractivity contribution in [1.29, 1.82) is 0 Å². The van der Waals surface area contributed by atoms with Gasteiger partial charge in [0.2, 0.25) is 0 Å². The number of aromatic nitrogens is 1. The summed E-state index contributed by atoms with van der Waals surface area (Å²) in [6.07, 6.45) is 7.00. The molecule has 1 aromatic carbocycles. The molecule has 0 radical (unpaired) electrons. The van der Waals surface area contributed by atoms with Crippen LogP contribution in [0.3, 0.4) is 0 Å². The average Bonchev–Trinajstić information content (AvgIpc) is 2.72. The minimum absolute atomic E-state index is 0.733. The number of hydrogen-bond donors (Lipinski definition) is 0. The number of allylic oxidation sites excluding steroid dienone is 1. The van der Waals surface area contributed by atoms with E-state index < -0.39 is 0 Å². The lowest BCUT2D eigenvalue weighted by Crippen LogP contribution is -1.95. The Kier molecular flexibility index (Phi) is 3.20. The first-order valence-corrected chi connectivity index (χ1v) is 5.50. The molecule has 0 unspecified atom stereocenters. The number of fused-ring (bicyclic) bond motifs is 1. The molecule has 0 aliphatic heterocycles. The Bertz CT molecular complexity index is 510. The Labute approximate surface area is 95.2 Å². The summed E-state index contributed by atoms with van der Waals surface area (Å²) >= 11 is 0. The van der Waals surface area contributed by atoms with Crippen molar-refractivity contribution < 1.29 is 4.79 Å². The molecule has 1 heterocycles. The van der Waals surface area contributed by atoms with E-state index >= 15 is 0 Å². The van der Waals surface area contributed by atoms with E-state index in [0.29, 0.717) is 0 Å². The van der Waals surface area contributed by atoms with Gasteiger partial charge in [-0.3, -0.25) is 4.79 Å². The van der Waals surface area contributed by atoms with Crippen molar-refractivity contribution in [2.24, 2.45) is 0 Å². The van der Waals surface area contributed by atoms with Crippen molar-refractivity contribution in [3.05, 3.63) is 48.7 Å². The molecule has 2 heteroatoms. The van der Waals surface area contributed by atoms with Gasteiger partial charge < -0.3 is 4.57 Å². The van der Waals surface area contributed by atoms with Crippen LogP contribution in [0.25, 0.3) is 10.9 Å². The van der Waals surface area contributed by atoms with Crippen LogP contribution in [0.1, 0.15) is 23.2 Å². The largest absolute Gasteiger partial charge is 0.347 e. The summed E-state index contributed by atoms with van der Waals surface area (Å²) in [4.78, 5) is 10.7. The number of nitrogens with zero attached hydrogens (tertiary/aromatic N) is 1. The Morgan fingerprint density at radius 1 is 1.31 bits per heavy atom. The van der Waals surface area contributed by atoms with Crippen molar-refractivity contribution in [3.8, 4) is 0 Å². The zero-order chi connectivity index (χ0) is 11.4. The molecule has 0 N–H and O–H groups in total. The van der Waals surface area contributed by atoms with Crippen LogP contribution in [-0.4, -0.2) is 10.9 Å². The number of hydrogen-bond acceptors (Lipinski definition) is 1. The van der Waals surface area contributed by atoms with Gasteiger partial charge >= 0.3 is 0 Å². The molecule has 0 fully saturated rings. The average molecular weight is 213 g/mol. The molecule has 0 bridgehead atoms. The molecule has 16 heavy (non-hydrogen) atoms. The summed E-state index contributed by atoms with van der Waals surface area (Å²) in [5.74, 6) is 0. The molecule has 0 saturated carbocycles. The molecular weight excluding hydrogens is 198 g/mol. The SMILES string of the molecule is C=CCCCn1ccc2ccc(C=O)cc21. The molecule has 0 spiro atoms.